The Morgan fingerprint density at radius 1 is 1.00 bits per heavy atom. The molecule has 0 aromatic heterocycles. The van der Waals surface area contributed by atoms with E-state index in [1.165, 1.54) is 51.8 Å². The molecule has 3 aromatic carbocycles. The fourth-order valence-corrected chi connectivity index (χ4v) is 5.14. The number of carbonyl (C=O) groups is 1. The van der Waals surface area contributed by atoms with Crippen molar-refractivity contribution in [3.8, 4) is 17.2 Å². The Balaban J connectivity index is 1.94. The smallest absolute Gasteiger partial charge is 0.416 e. The van der Waals surface area contributed by atoms with Gasteiger partial charge in [-0.05, 0) is 42.5 Å². The maximum absolute atomic E-state index is 13.4. The second kappa shape index (κ2) is 12.3. The van der Waals surface area contributed by atoms with Gasteiger partial charge < -0.3 is 14.2 Å². The van der Waals surface area contributed by atoms with Crippen molar-refractivity contribution < 1.29 is 40.6 Å². The number of ether oxygens (including phenoxy) is 3. The molecule has 0 saturated carbocycles. The van der Waals surface area contributed by atoms with Crippen molar-refractivity contribution in [2.45, 2.75) is 11.1 Å². The van der Waals surface area contributed by atoms with Crippen LogP contribution in [0.3, 0.4) is 0 Å². The summed E-state index contributed by atoms with van der Waals surface area (Å²) in [5, 5.41) is 3.51. The number of hydrogen-bond acceptors (Lipinski definition) is 7. The molecule has 3 aromatic rings. The van der Waals surface area contributed by atoms with Crippen LogP contribution in [0.25, 0.3) is 0 Å². The van der Waals surface area contributed by atoms with Gasteiger partial charge in [-0.3, -0.25) is 9.10 Å². The third-order valence-electron chi connectivity index (χ3n) is 5.25. The highest BCUT2D eigenvalue weighted by atomic mass is 35.5. The van der Waals surface area contributed by atoms with E-state index in [1.54, 1.807) is 18.2 Å². The first-order chi connectivity index (χ1) is 18.4. The molecule has 0 fully saturated rings. The van der Waals surface area contributed by atoms with Gasteiger partial charge in [0.25, 0.3) is 15.9 Å². The van der Waals surface area contributed by atoms with Crippen LogP contribution in [0.1, 0.15) is 11.1 Å². The summed E-state index contributed by atoms with van der Waals surface area (Å²) in [4.78, 5) is 12.5. The molecule has 0 atom stereocenters. The van der Waals surface area contributed by atoms with Gasteiger partial charge in [0.2, 0.25) is 5.75 Å². The topological polar surface area (TPSA) is 107 Å². The lowest BCUT2D eigenvalue weighted by Gasteiger charge is -2.25. The summed E-state index contributed by atoms with van der Waals surface area (Å²) >= 11 is 6.12. The maximum atomic E-state index is 13.4. The number of nitrogens with one attached hydrogen (secondary N) is 1. The summed E-state index contributed by atoms with van der Waals surface area (Å²) in [6.45, 7) is -0.926. The molecule has 1 N–H and O–H groups in total. The standard InChI is InChI=1S/C25H23ClF3N3O6S/c1-36-21-11-16(12-22(37-2)24(21)38-3)14-30-31-23(33)15-32(39(34,35)18-7-5-4-6-8-18)20-13-17(25(27,28)29)9-10-19(20)26/h4-14H,15H2,1-3H3,(H,31,33)/b30-14-. The molecule has 14 heteroatoms. The van der Waals surface area contributed by atoms with E-state index >= 15 is 0 Å². The molecular formula is C25H23ClF3N3O6S. The van der Waals surface area contributed by atoms with Crippen molar-refractivity contribution in [1.29, 1.82) is 0 Å². The Morgan fingerprint density at radius 3 is 2.15 bits per heavy atom. The predicted molar refractivity (Wildman–Crippen MR) is 139 cm³/mol. The molecule has 0 aliphatic carbocycles. The van der Waals surface area contributed by atoms with Crippen molar-refractivity contribution >= 4 is 39.4 Å². The molecule has 0 radical (unpaired) electrons. The van der Waals surface area contributed by atoms with Crippen molar-refractivity contribution in [1.82, 2.24) is 5.43 Å². The molecule has 0 saturated heterocycles. The van der Waals surface area contributed by atoms with E-state index in [-0.39, 0.29) is 9.92 Å². The molecular weight excluding hydrogens is 563 g/mol. The van der Waals surface area contributed by atoms with Crippen LogP contribution in [0.2, 0.25) is 5.02 Å². The third kappa shape index (κ3) is 6.92. The third-order valence-corrected chi connectivity index (χ3v) is 7.34. The van der Waals surface area contributed by atoms with E-state index in [1.807, 2.05) is 0 Å². The van der Waals surface area contributed by atoms with Gasteiger partial charge in [-0.2, -0.15) is 18.3 Å². The molecule has 9 nitrogen and oxygen atoms in total. The van der Waals surface area contributed by atoms with Gasteiger partial charge in [0.1, 0.15) is 6.54 Å². The zero-order chi connectivity index (χ0) is 28.8. The summed E-state index contributed by atoms with van der Waals surface area (Å²) in [5.74, 6) is 0.0282. The van der Waals surface area contributed by atoms with Crippen molar-refractivity contribution in [3.05, 3.63) is 76.8 Å². The molecule has 0 heterocycles. The highest BCUT2D eigenvalue weighted by molar-refractivity contribution is 7.92. The monoisotopic (exact) mass is 585 g/mol. The Morgan fingerprint density at radius 2 is 1.62 bits per heavy atom. The maximum Gasteiger partial charge on any atom is 0.416 e. The number of benzene rings is 3. The zero-order valence-corrected chi connectivity index (χ0v) is 22.4. The van der Waals surface area contributed by atoms with Crippen LogP contribution in [0.4, 0.5) is 18.9 Å². The number of sulfonamides is 1. The Kier molecular flexibility index (Phi) is 9.30. The first-order valence-corrected chi connectivity index (χ1v) is 12.8. The van der Waals surface area contributed by atoms with Gasteiger partial charge in [0, 0.05) is 5.56 Å². The molecule has 3 rings (SSSR count). The van der Waals surface area contributed by atoms with Crippen LogP contribution >= 0.6 is 11.6 Å². The number of methoxy groups -OCH3 is 3. The summed E-state index contributed by atoms with van der Waals surface area (Å²) in [6.07, 6.45) is -3.55. The molecule has 0 aliphatic heterocycles. The number of halogens is 4. The summed E-state index contributed by atoms with van der Waals surface area (Å²) < 4.78 is 83.2. The molecule has 0 bridgehead atoms. The number of hydrazone groups is 1. The number of nitrogens with zero attached hydrogens (tertiary/aromatic N) is 2. The lowest BCUT2D eigenvalue weighted by Crippen LogP contribution is -2.40. The Hall–Kier alpha value is -3.97. The van der Waals surface area contributed by atoms with Crippen LogP contribution in [0, 0.1) is 0 Å². The van der Waals surface area contributed by atoms with E-state index in [4.69, 9.17) is 25.8 Å². The number of alkyl halides is 3. The van der Waals surface area contributed by atoms with E-state index in [0.717, 1.165) is 6.07 Å². The van der Waals surface area contributed by atoms with Gasteiger partial charge in [-0.1, -0.05) is 29.8 Å². The first kappa shape index (κ1) is 29.6. The van der Waals surface area contributed by atoms with Crippen LogP contribution < -0.4 is 23.9 Å². The van der Waals surface area contributed by atoms with E-state index < -0.39 is 39.9 Å². The molecule has 0 spiro atoms. The van der Waals surface area contributed by atoms with Gasteiger partial charge >= 0.3 is 6.18 Å². The fourth-order valence-electron chi connectivity index (χ4n) is 3.42. The van der Waals surface area contributed by atoms with Gasteiger partial charge in [-0.15, -0.1) is 0 Å². The zero-order valence-electron chi connectivity index (χ0n) is 20.8. The van der Waals surface area contributed by atoms with E-state index in [0.29, 0.717) is 39.2 Å². The second-order valence-electron chi connectivity index (χ2n) is 7.74. The van der Waals surface area contributed by atoms with Gasteiger partial charge in [-0.25, -0.2) is 13.8 Å². The van der Waals surface area contributed by atoms with Gasteiger partial charge in [0.15, 0.2) is 11.5 Å². The average Bonchev–Trinajstić information content (AvgIpc) is 2.91. The van der Waals surface area contributed by atoms with Crippen LogP contribution in [-0.2, 0) is 21.0 Å². The van der Waals surface area contributed by atoms with E-state index in [2.05, 4.69) is 10.5 Å². The van der Waals surface area contributed by atoms with Crippen molar-refractivity contribution in [2.24, 2.45) is 5.10 Å². The lowest BCUT2D eigenvalue weighted by atomic mass is 10.2. The van der Waals surface area contributed by atoms with E-state index in [9.17, 15) is 26.4 Å². The minimum atomic E-state index is -4.78. The fraction of sp³-hybridized carbons (Fsp3) is 0.200. The minimum Gasteiger partial charge on any atom is -0.493 e. The molecule has 39 heavy (non-hydrogen) atoms. The Labute approximate surface area is 227 Å². The number of amides is 1. The normalized spacial score (nSPS) is 11.8. The largest absolute Gasteiger partial charge is 0.493 e. The Bertz CT molecular complexity index is 1440. The summed E-state index contributed by atoms with van der Waals surface area (Å²) in [6, 6.07) is 12.2. The minimum absolute atomic E-state index is 0.257. The molecule has 0 unspecified atom stereocenters. The first-order valence-electron chi connectivity index (χ1n) is 11.0. The quantitative estimate of drug-likeness (QED) is 0.272. The van der Waals surface area contributed by atoms with Crippen molar-refractivity contribution in [2.75, 3.05) is 32.2 Å². The highest BCUT2D eigenvalue weighted by Gasteiger charge is 2.34. The number of carbonyl (C=O) groups excluding carboxylic acids is 1. The molecule has 0 aliphatic rings. The van der Waals surface area contributed by atoms with Crippen molar-refractivity contribution in [3.63, 3.8) is 0 Å². The van der Waals surface area contributed by atoms with Crippen LogP contribution in [0.15, 0.2) is 70.7 Å². The summed E-state index contributed by atoms with van der Waals surface area (Å²) in [7, 11) is -0.250. The predicted octanol–water partition coefficient (Wildman–Crippen LogP) is 4.73. The SMILES string of the molecule is COc1cc(/C=N\NC(=O)CN(c2cc(C(F)(F)F)ccc2Cl)S(=O)(=O)c2ccccc2)cc(OC)c1OC. The molecule has 1 amide bonds. The van der Waals surface area contributed by atoms with Crippen LogP contribution in [-0.4, -0.2) is 48.4 Å². The molecule has 208 valence electrons. The number of anilines is 1. The second-order valence-corrected chi connectivity index (χ2v) is 10.0. The van der Waals surface area contributed by atoms with Crippen LogP contribution in [0.5, 0.6) is 17.2 Å². The lowest BCUT2D eigenvalue weighted by molar-refractivity contribution is -0.137. The van der Waals surface area contributed by atoms with Gasteiger partial charge in [0.05, 0.1) is 48.7 Å². The number of hydrogen-bond donors (Lipinski definition) is 1. The number of rotatable bonds is 10. The summed E-state index contributed by atoms with van der Waals surface area (Å²) in [5.41, 5.74) is 0.928. The highest BCUT2D eigenvalue weighted by Crippen LogP contribution is 2.38. The average molecular weight is 586 g/mol.